The Morgan fingerprint density at radius 1 is 1.00 bits per heavy atom. The van der Waals surface area contributed by atoms with E-state index < -0.39 is 0 Å². The van der Waals surface area contributed by atoms with Crippen molar-refractivity contribution in [3.8, 4) is 5.75 Å². The van der Waals surface area contributed by atoms with Crippen LogP contribution in [0.1, 0.15) is 22.3 Å². The fraction of sp³-hybridized carbons (Fsp3) is 0.136. The molecular formula is C22H18Br2ClNO. The van der Waals surface area contributed by atoms with Crippen molar-refractivity contribution in [1.29, 1.82) is 0 Å². The van der Waals surface area contributed by atoms with Crippen LogP contribution in [0.25, 0.3) is 0 Å². The molecule has 0 spiro atoms. The molecule has 138 valence electrons. The molecule has 3 rings (SSSR count). The summed E-state index contributed by atoms with van der Waals surface area (Å²) in [7, 11) is 0. The van der Waals surface area contributed by atoms with Gasteiger partial charge in [0.05, 0.1) is 10.2 Å². The van der Waals surface area contributed by atoms with Crippen molar-refractivity contribution in [3.05, 3.63) is 90.8 Å². The van der Waals surface area contributed by atoms with Gasteiger partial charge >= 0.3 is 0 Å². The molecule has 3 aromatic rings. The lowest BCUT2D eigenvalue weighted by Crippen LogP contribution is -2.00. The molecule has 0 fully saturated rings. The van der Waals surface area contributed by atoms with Crippen LogP contribution in [0.5, 0.6) is 5.75 Å². The molecule has 0 N–H and O–H groups in total. The molecule has 0 atom stereocenters. The number of aliphatic imine (C=N–C) groups is 1. The van der Waals surface area contributed by atoms with Crippen LogP contribution < -0.4 is 4.74 Å². The lowest BCUT2D eigenvalue weighted by molar-refractivity contribution is 0.304. The van der Waals surface area contributed by atoms with Crippen LogP contribution >= 0.6 is 43.5 Å². The summed E-state index contributed by atoms with van der Waals surface area (Å²) in [6, 6.07) is 17.9. The first-order valence-corrected chi connectivity index (χ1v) is 10.4. The highest BCUT2D eigenvalue weighted by Gasteiger charge is 2.10. The van der Waals surface area contributed by atoms with Crippen molar-refractivity contribution in [1.82, 2.24) is 0 Å². The third-order valence-corrected chi connectivity index (χ3v) is 5.34. The molecule has 0 saturated heterocycles. The molecule has 0 aliphatic heterocycles. The van der Waals surface area contributed by atoms with Crippen molar-refractivity contribution in [2.45, 2.75) is 20.5 Å². The molecule has 0 aliphatic carbocycles. The van der Waals surface area contributed by atoms with E-state index >= 15 is 0 Å². The molecule has 0 aromatic heterocycles. The summed E-state index contributed by atoms with van der Waals surface area (Å²) in [5.41, 5.74) is 5.12. The number of halogens is 3. The molecule has 0 amide bonds. The van der Waals surface area contributed by atoms with Gasteiger partial charge in [-0.05, 0) is 65.2 Å². The van der Waals surface area contributed by atoms with Gasteiger partial charge in [-0.15, -0.1) is 0 Å². The molecule has 27 heavy (non-hydrogen) atoms. The standard InChI is InChI=1S/C22H18Br2ClNO/c1-14-3-6-16(7-4-14)13-27-22-17(9-18(23)10-20(22)24)12-26-21-11-19(25)8-5-15(21)2/h3-12H,13H2,1-2H3. The summed E-state index contributed by atoms with van der Waals surface area (Å²) in [6.45, 7) is 4.56. The van der Waals surface area contributed by atoms with Gasteiger partial charge in [0, 0.05) is 21.3 Å². The minimum absolute atomic E-state index is 0.484. The molecular weight excluding hydrogens is 490 g/mol. The van der Waals surface area contributed by atoms with E-state index in [9.17, 15) is 0 Å². The minimum atomic E-state index is 0.484. The highest BCUT2D eigenvalue weighted by Crippen LogP contribution is 2.33. The predicted molar refractivity (Wildman–Crippen MR) is 121 cm³/mol. The van der Waals surface area contributed by atoms with Crippen LogP contribution in [0, 0.1) is 13.8 Å². The SMILES string of the molecule is Cc1ccc(COc2c(Br)cc(Br)cc2C=Nc2cc(Cl)ccc2C)cc1. The second kappa shape index (κ2) is 9.05. The van der Waals surface area contributed by atoms with Gasteiger partial charge in [0.2, 0.25) is 0 Å². The molecule has 0 saturated carbocycles. The van der Waals surface area contributed by atoms with Crippen molar-refractivity contribution < 1.29 is 4.74 Å². The van der Waals surface area contributed by atoms with Crippen LogP contribution in [-0.4, -0.2) is 6.21 Å². The van der Waals surface area contributed by atoms with Crippen LogP contribution in [0.15, 0.2) is 68.5 Å². The lowest BCUT2D eigenvalue weighted by Gasteiger charge is -2.12. The predicted octanol–water partition coefficient (Wildman–Crippen LogP) is 7.81. The number of nitrogens with zero attached hydrogens (tertiary/aromatic N) is 1. The van der Waals surface area contributed by atoms with Gasteiger partial charge in [0.25, 0.3) is 0 Å². The number of benzene rings is 3. The maximum Gasteiger partial charge on any atom is 0.142 e. The Morgan fingerprint density at radius 3 is 2.48 bits per heavy atom. The van der Waals surface area contributed by atoms with Gasteiger partial charge in [-0.3, -0.25) is 4.99 Å². The second-order valence-electron chi connectivity index (χ2n) is 6.27. The average molecular weight is 508 g/mol. The Labute approximate surface area is 181 Å². The third-order valence-electron chi connectivity index (χ3n) is 4.05. The topological polar surface area (TPSA) is 21.6 Å². The maximum atomic E-state index is 6.11. The fourth-order valence-electron chi connectivity index (χ4n) is 2.53. The highest BCUT2D eigenvalue weighted by molar-refractivity contribution is 9.11. The first kappa shape index (κ1) is 20.1. The summed E-state index contributed by atoms with van der Waals surface area (Å²) in [4.78, 5) is 4.62. The second-order valence-corrected chi connectivity index (χ2v) is 8.48. The third kappa shape index (κ3) is 5.44. The zero-order valence-corrected chi connectivity index (χ0v) is 18.9. The molecule has 0 heterocycles. The van der Waals surface area contributed by atoms with Crippen molar-refractivity contribution >= 4 is 55.4 Å². The number of hydrogen-bond acceptors (Lipinski definition) is 2. The first-order valence-electron chi connectivity index (χ1n) is 8.40. The van der Waals surface area contributed by atoms with E-state index in [-0.39, 0.29) is 0 Å². The van der Waals surface area contributed by atoms with Crippen LogP contribution in [0.4, 0.5) is 5.69 Å². The van der Waals surface area contributed by atoms with Gasteiger partial charge in [-0.2, -0.15) is 0 Å². The van der Waals surface area contributed by atoms with E-state index in [2.05, 4.69) is 68.0 Å². The number of ether oxygens (including phenoxy) is 1. The fourth-order valence-corrected chi connectivity index (χ4v) is 4.07. The quantitative estimate of drug-likeness (QED) is 0.323. The maximum absolute atomic E-state index is 6.11. The summed E-state index contributed by atoms with van der Waals surface area (Å²) in [5.74, 6) is 0.752. The number of hydrogen-bond donors (Lipinski definition) is 0. The molecule has 0 bridgehead atoms. The number of rotatable bonds is 5. The Hall–Kier alpha value is -1.62. The van der Waals surface area contributed by atoms with E-state index in [1.807, 2.05) is 37.3 Å². The largest absolute Gasteiger partial charge is 0.487 e. The lowest BCUT2D eigenvalue weighted by atomic mass is 10.1. The monoisotopic (exact) mass is 505 g/mol. The zero-order chi connectivity index (χ0) is 19.4. The van der Waals surface area contributed by atoms with E-state index in [4.69, 9.17) is 16.3 Å². The van der Waals surface area contributed by atoms with Gasteiger partial charge in [0.1, 0.15) is 12.4 Å². The van der Waals surface area contributed by atoms with Crippen molar-refractivity contribution in [2.24, 2.45) is 4.99 Å². The first-order chi connectivity index (χ1) is 12.9. The summed E-state index contributed by atoms with van der Waals surface area (Å²) >= 11 is 13.2. The van der Waals surface area contributed by atoms with Gasteiger partial charge in [0.15, 0.2) is 0 Å². The zero-order valence-electron chi connectivity index (χ0n) is 15.0. The van der Waals surface area contributed by atoms with Crippen molar-refractivity contribution in [2.75, 3.05) is 0 Å². The van der Waals surface area contributed by atoms with Crippen molar-refractivity contribution in [3.63, 3.8) is 0 Å². The normalized spacial score (nSPS) is 11.1. The highest BCUT2D eigenvalue weighted by atomic mass is 79.9. The molecule has 3 aromatic carbocycles. The average Bonchev–Trinajstić information content (AvgIpc) is 2.63. The summed E-state index contributed by atoms with van der Waals surface area (Å²) in [5, 5.41) is 0.666. The summed E-state index contributed by atoms with van der Waals surface area (Å²) in [6.07, 6.45) is 1.80. The summed E-state index contributed by atoms with van der Waals surface area (Å²) < 4.78 is 7.92. The Balaban J connectivity index is 1.89. The van der Waals surface area contributed by atoms with E-state index in [0.717, 1.165) is 37.1 Å². The van der Waals surface area contributed by atoms with E-state index in [1.54, 1.807) is 6.21 Å². The van der Waals surface area contributed by atoms with Gasteiger partial charge in [-0.25, -0.2) is 0 Å². The molecule has 0 unspecified atom stereocenters. The Morgan fingerprint density at radius 2 is 1.74 bits per heavy atom. The molecule has 2 nitrogen and oxygen atoms in total. The van der Waals surface area contributed by atoms with Gasteiger partial charge in [-0.1, -0.05) is 63.4 Å². The molecule has 0 aliphatic rings. The van der Waals surface area contributed by atoms with Crippen LogP contribution in [0.3, 0.4) is 0 Å². The number of aryl methyl sites for hydroxylation is 2. The molecule has 5 heteroatoms. The van der Waals surface area contributed by atoms with E-state index in [0.29, 0.717) is 11.6 Å². The minimum Gasteiger partial charge on any atom is -0.487 e. The van der Waals surface area contributed by atoms with Crippen LogP contribution in [0.2, 0.25) is 5.02 Å². The van der Waals surface area contributed by atoms with Gasteiger partial charge < -0.3 is 4.74 Å². The Kier molecular flexibility index (Phi) is 6.74. The Bertz CT molecular complexity index is 984. The molecule has 0 radical (unpaired) electrons. The van der Waals surface area contributed by atoms with Crippen LogP contribution in [-0.2, 0) is 6.61 Å². The van der Waals surface area contributed by atoms with E-state index in [1.165, 1.54) is 5.56 Å². The smallest absolute Gasteiger partial charge is 0.142 e.